The first-order valence-corrected chi connectivity index (χ1v) is 9.42. The Labute approximate surface area is 163 Å². The van der Waals surface area contributed by atoms with Crippen LogP contribution >= 0.6 is 0 Å². The Morgan fingerprint density at radius 3 is 2.64 bits per heavy atom. The minimum absolute atomic E-state index is 0.122. The van der Waals surface area contributed by atoms with Gasteiger partial charge < -0.3 is 18.6 Å². The average Bonchev–Trinajstić information content (AvgIpc) is 2.71. The molecule has 6 nitrogen and oxygen atoms in total. The van der Waals surface area contributed by atoms with Crippen LogP contribution in [-0.2, 0) is 6.54 Å². The number of para-hydroxylation sites is 2. The molecule has 2 heterocycles. The summed E-state index contributed by atoms with van der Waals surface area (Å²) in [4.78, 5) is 15.2. The van der Waals surface area contributed by atoms with Gasteiger partial charge in [-0.1, -0.05) is 12.1 Å². The molecule has 0 aliphatic carbocycles. The van der Waals surface area contributed by atoms with Gasteiger partial charge in [-0.05, 0) is 45.0 Å². The van der Waals surface area contributed by atoms with Gasteiger partial charge in [-0.25, -0.2) is 0 Å². The fraction of sp³-hybridized carbons (Fsp3) is 0.318. The van der Waals surface area contributed by atoms with E-state index in [4.69, 9.17) is 18.6 Å². The molecule has 1 aromatic heterocycles. The highest BCUT2D eigenvalue weighted by atomic mass is 16.5. The van der Waals surface area contributed by atoms with Gasteiger partial charge in [0.15, 0.2) is 11.5 Å². The second-order valence-corrected chi connectivity index (χ2v) is 6.94. The van der Waals surface area contributed by atoms with Crippen molar-refractivity contribution < 1.29 is 18.6 Å². The second kappa shape index (κ2) is 7.56. The number of hydrogen-bond acceptors (Lipinski definition) is 6. The quantitative estimate of drug-likeness (QED) is 0.646. The highest BCUT2D eigenvalue weighted by molar-refractivity contribution is 5.83. The molecule has 4 rings (SSSR count). The monoisotopic (exact) mass is 381 g/mol. The van der Waals surface area contributed by atoms with Gasteiger partial charge in [0.25, 0.3) is 0 Å². The molecular weight excluding hydrogens is 358 g/mol. The van der Waals surface area contributed by atoms with Crippen LogP contribution in [0.3, 0.4) is 0 Å². The lowest BCUT2D eigenvalue weighted by Crippen LogP contribution is -2.37. The van der Waals surface area contributed by atoms with Gasteiger partial charge in [-0.2, -0.15) is 0 Å². The van der Waals surface area contributed by atoms with Gasteiger partial charge in [0.1, 0.15) is 24.3 Å². The van der Waals surface area contributed by atoms with E-state index in [0.717, 1.165) is 11.3 Å². The fourth-order valence-electron chi connectivity index (χ4n) is 3.24. The minimum Gasteiger partial charge on any atom is -0.490 e. The summed E-state index contributed by atoms with van der Waals surface area (Å²) in [5.41, 5.74) is 1.20. The number of ether oxygens (including phenoxy) is 3. The van der Waals surface area contributed by atoms with Crippen molar-refractivity contribution in [3.8, 4) is 23.0 Å². The van der Waals surface area contributed by atoms with Gasteiger partial charge >= 0.3 is 0 Å². The summed E-state index contributed by atoms with van der Waals surface area (Å²) in [7, 11) is 0. The molecule has 0 bridgehead atoms. The smallest absolute Gasteiger partial charge is 0.235 e. The molecule has 1 aliphatic rings. The number of nitrogens with zero attached hydrogens (tertiary/aromatic N) is 1. The normalized spacial score (nSPS) is 14.0. The fourth-order valence-corrected chi connectivity index (χ4v) is 3.24. The Bertz CT molecular complexity index is 1060. The van der Waals surface area contributed by atoms with E-state index in [-0.39, 0.29) is 11.2 Å². The Morgan fingerprint density at radius 2 is 1.89 bits per heavy atom. The van der Waals surface area contributed by atoms with Gasteiger partial charge in [-0.15, -0.1) is 0 Å². The van der Waals surface area contributed by atoms with Gasteiger partial charge in [0, 0.05) is 12.6 Å². The molecule has 0 unspecified atom stereocenters. The standard InChI is InChI=1S/C22H23NO5/c1-4-25-18-7-5-6-8-19(18)28-20-12-26-22-15(21(20)24)9-10-17-16(22)11-23(13-27-17)14(2)3/h5-10,12,14H,4,11,13H2,1-3H3. The largest absolute Gasteiger partial charge is 0.490 e. The summed E-state index contributed by atoms with van der Waals surface area (Å²) in [5.74, 6) is 1.93. The van der Waals surface area contributed by atoms with Gasteiger partial charge in [-0.3, -0.25) is 9.69 Å². The molecule has 0 radical (unpaired) electrons. The molecule has 2 aromatic carbocycles. The first-order valence-electron chi connectivity index (χ1n) is 9.42. The van der Waals surface area contributed by atoms with E-state index in [1.165, 1.54) is 6.26 Å². The summed E-state index contributed by atoms with van der Waals surface area (Å²) < 4.78 is 23.1. The zero-order valence-electron chi connectivity index (χ0n) is 16.2. The van der Waals surface area contributed by atoms with Crippen molar-refractivity contribution >= 4 is 11.0 Å². The van der Waals surface area contributed by atoms with Crippen LogP contribution in [-0.4, -0.2) is 24.3 Å². The molecule has 146 valence electrons. The van der Waals surface area contributed by atoms with E-state index >= 15 is 0 Å². The van der Waals surface area contributed by atoms with Crippen LogP contribution in [0.15, 0.2) is 51.9 Å². The lowest BCUT2D eigenvalue weighted by molar-refractivity contribution is 0.0689. The summed E-state index contributed by atoms with van der Waals surface area (Å²) in [6, 6.07) is 11.1. The third kappa shape index (κ3) is 3.31. The molecule has 0 atom stereocenters. The van der Waals surface area contributed by atoms with Gasteiger partial charge in [0.05, 0.1) is 17.6 Å². The topological polar surface area (TPSA) is 61.1 Å². The zero-order valence-corrected chi connectivity index (χ0v) is 16.2. The summed E-state index contributed by atoms with van der Waals surface area (Å²) in [5, 5.41) is 0.472. The number of fused-ring (bicyclic) bond motifs is 3. The third-order valence-electron chi connectivity index (χ3n) is 4.82. The van der Waals surface area contributed by atoms with Crippen molar-refractivity contribution in [2.75, 3.05) is 13.3 Å². The molecule has 28 heavy (non-hydrogen) atoms. The van der Waals surface area contributed by atoms with Crippen LogP contribution in [0.1, 0.15) is 26.3 Å². The average molecular weight is 381 g/mol. The van der Waals surface area contributed by atoms with Crippen molar-refractivity contribution in [2.45, 2.75) is 33.4 Å². The molecule has 0 saturated heterocycles. The molecular formula is C22H23NO5. The van der Waals surface area contributed by atoms with Crippen LogP contribution in [0.5, 0.6) is 23.0 Å². The van der Waals surface area contributed by atoms with Crippen LogP contribution < -0.4 is 19.6 Å². The van der Waals surface area contributed by atoms with Crippen molar-refractivity contribution in [3.05, 3.63) is 58.4 Å². The van der Waals surface area contributed by atoms with E-state index in [2.05, 4.69) is 18.7 Å². The number of hydrogen-bond donors (Lipinski definition) is 0. The predicted molar refractivity (Wildman–Crippen MR) is 106 cm³/mol. The maximum absolute atomic E-state index is 13.0. The minimum atomic E-state index is -0.225. The molecule has 0 saturated carbocycles. The first kappa shape index (κ1) is 18.4. The van der Waals surface area contributed by atoms with E-state index in [1.54, 1.807) is 18.2 Å². The predicted octanol–water partition coefficient (Wildman–Crippen LogP) is 4.54. The molecule has 0 N–H and O–H groups in total. The van der Waals surface area contributed by atoms with Gasteiger partial charge in [0.2, 0.25) is 11.2 Å². The van der Waals surface area contributed by atoms with E-state index in [1.807, 2.05) is 25.1 Å². The molecule has 0 amide bonds. The van der Waals surface area contributed by atoms with E-state index < -0.39 is 0 Å². The first-order chi connectivity index (χ1) is 13.6. The van der Waals surface area contributed by atoms with Crippen LogP contribution in [0.2, 0.25) is 0 Å². The molecule has 0 fully saturated rings. The number of benzene rings is 2. The van der Waals surface area contributed by atoms with Crippen molar-refractivity contribution in [2.24, 2.45) is 0 Å². The Morgan fingerprint density at radius 1 is 1.11 bits per heavy atom. The lowest BCUT2D eigenvalue weighted by Gasteiger charge is -2.31. The molecule has 0 spiro atoms. The van der Waals surface area contributed by atoms with Crippen molar-refractivity contribution in [1.29, 1.82) is 0 Å². The van der Waals surface area contributed by atoms with Crippen LogP contribution in [0.25, 0.3) is 11.0 Å². The maximum atomic E-state index is 13.0. The summed E-state index contributed by atoms with van der Waals surface area (Å²) in [6.07, 6.45) is 1.36. The molecule has 3 aromatic rings. The van der Waals surface area contributed by atoms with Crippen molar-refractivity contribution in [1.82, 2.24) is 4.90 Å². The van der Waals surface area contributed by atoms with E-state index in [0.29, 0.717) is 48.4 Å². The van der Waals surface area contributed by atoms with Crippen LogP contribution in [0.4, 0.5) is 0 Å². The lowest BCUT2D eigenvalue weighted by atomic mass is 10.1. The second-order valence-electron chi connectivity index (χ2n) is 6.94. The highest BCUT2D eigenvalue weighted by Gasteiger charge is 2.24. The Balaban J connectivity index is 1.74. The summed E-state index contributed by atoms with van der Waals surface area (Å²) >= 11 is 0. The molecule has 1 aliphatic heterocycles. The third-order valence-corrected chi connectivity index (χ3v) is 4.82. The summed E-state index contributed by atoms with van der Waals surface area (Å²) in [6.45, 7) is 7.81. The maximum Gasteiger partial charge on any atom is 0.235 e. The molecule has 6 heteroatoms. The van der Waals surface area contributed by atoms with E-state index in [9.17, 15) is 4.79 Å². The zero-order chi connectivity index (χ0) is 19.7. The Kier molecular flexibility index (Phi) is 4.96. The van der Waals surface area contributed by atoms with Crippen molar-refractivity contribution in [3.63, 3.8) is 0 Å². The van der Waals surface area contributed by atoms with Crippen LogP contribution in [0, 0.1) is 0 Å². The highest BCUT2D eigenvalue weighted by Crippen LogP contribution is 2.34. The SMILES string of the molecule is CCOc1ccccc1Oc1coc2c3c(ccc2c1=O)OCN(C(C)C)C3. The Hall–Kier alpha value is -2.99. The number of rotatable bonds is 5.